The lowest BCUT2D eigenvalue weighted by molar-refractivity contribution is 1.23. The summed E-state index contributed by atoms with van der Waals surface area (Å²) in [7, 11) is 0. The van der Waals surface area contributed by atoms with Gasteiger partial charge in [-0.15, -0.1) is 0 Å². The van der Waals surface area contributed by atoms with Gasteiger partial charge in [-0.25, -0.2) is 0 Å². The molecule has 0 fully saturated rings. The van der Waals surface area contributed by atoms with Crippen LogP contribution in [0.3, 0.4) is 0 Å². The van der Waals surface area contributed by atoms with Crippen molar-refractivity contribution in [1.29, 1.82) is 0 Å². The quantitative estimate of drug-likeness (QED) is 0.0847. The molecule has 6 nitrogen and oxygen atoms in total. The van der Waals surface area contributed by atoms with E-state index in [1.165, 1.54) is 0 Å². The lowest BCUT2D eigenvalue weighted by atomic mass is 10.1. The Bertz CT molecular complexity index is 3810. The monoisotopic (exact) mass is 1080 g/mol. The maximum Gasteiger partial charge on any atom is 0.0482 e. The zero-order chi connectivity index (χ0) is 56.3. The van der Waals surface area contributed by atoms with Crippen LogP contribution in [0.15, 0.2) is 364 Å². The second-order valence-electron chi connectivity index (χ2n) is 20.3. The van der Waals surface area contributed by atoms with E-state index in [4.69, 9.17) is 0 Å². The van der Waals surface area contributed by atoms with Crippen LogP contribution in [0.25, 0.3) is 0 Å². The third-order valence-corrected chi connectivity index (χ3v) is 14.9. The van der Waals surface area contributed by atoms with Gasteiger partial charge in [0, 0.05) is 102 Å². The average Bonchev–Trinajstić information content (AvgIpc) is 3.25. The fourth-order valence-electron chi connectivity index (χ4n) is 11.1. The van der Waals surface area contributed by atoms with E-state index in [9.17, 15) is 0 Å². The Morgan fingerprint density at radius 2 is 0.202 bits per heavy atom. The van der Waals surface area contributed by atoms with Crippen LogP contribution >= 0.6 is 0 Å². The zero-order valence-electron chi connectivity index (χ0n) is 46.3. The minimum atomic E-state index is 1.03. The Morgan fingerprint density at radius 1 is 0.0952 bits per heavy atom. The summed E-state index contributed by atoms with van der Waals surface area (Å²) in [5.74, 6) is 0. The zero-order valence-corrected chi connectivity index (χ0v) is 46.3. The van der Waals surface area contributed by atoms with Crippen molar-refractivity contribution in [2.24, 2.45) is 0 Å². The number of anilines is 18. The Kier molecular flexibility index (Phi) is 15.2. The van der Waals surface area contributed by atoms with Gasteiger partial charge in [0.2, 0.25) is 0 Å². The van der Waals surface area contributed by atoms with E-state index >= 15 is 0 Å². The molecule has 0 saturated heterocycles. The minimum Gasteiger partial charge on any atom is -0.311 e. The van der Waals surface area contributed by atoms with Crippen molar-refractivity contribution < 1.29 is 0 Å². The van der Waals surface area contributed by atoms with Crippen LogP contribution < -0.4 is 29.4 Å². The SMILES string of the molecule is c1ccc(N(c2ccccc2)c2ccc(N(c3ccccc3)c3cccc(N(c4ccccc4)c4ccc(N(c5ccccc5)c5cccc(N(c6ccccc6)c6ccc(N(c7ccccc7)c7ccccc7)cc6)c5)cc4)c3)cc2)cc1. The minimum absolute atomic E-state index is 1.03. The average molecular weight is 1080 g/mol. The summed E-state index contributed by atoms with van der Waals surface area (Å²) >= 11 is 0. The first kappa shape index (κ1) is 52.1. The van der Waals surface area contributed by atoms with Crippen LogP contribution in [-0.4, -0.2) is 0 Å². The fourth-order valence-corrected chi connectivity index (χ4v) is 11.1. The Balaban J connectivity index is 0.848. The third kappa shape index (κ3) is 11.2. The van der Waals surface area contributed by atoms with Crippen molar-refractivity contribution in [3.05, 3.63) is 364 Å². The van der Waals surface area contributed by atoms with Gasteiger partial charge in [0.25, 0.3) is 0 Å². The molecule has 0 heterocycles. The highest BCUT2D eigenvalue weighted by Crippen LogP contribution is 2.46. The van der Waals surface area contributed by atoms with Crippen molar-refractivity contribution in [3.63, 3.8) is 0 Å². The van der Waals surface area contributed by atoms with Crippen molar-refractivity contribution in [2.45, 2.75) is 0 Å². The molecule has 0 spiro atoms. The molecule has 0 saturated carbocycles. The van der Waals surface area contributed by atoms with Crippen molar-refractivity contribution in [1.82, 2.24) is 0 Å². The molecule has 0 atom stereocenters. The summed E-state index contributed by atoms with van der Waals surface area (Å²) in [4.78, 5) is 13.9. The van der Waals surface area contributed by atoms with Gasteiger partial charge in [-0.2, -0.15) is 0 Å². The second kappa shape index (κ2) is 24.6. The predicted octanol–water partition coefficient (Wildman–Crippen LogP) is 22.5. The highest BCUT2D eigenvalue weighted by Gasteiger charge is 2.22. The number of para-hydroxylation sites is 8. The van der Waals surface area contributed by atoms with E-state index in [0.29, 0.717) is 0 Å². The molecule has 0 aliphatic heterocycles. The van der Waals surface area contributed by atoms with E-state index in [1.807, 2.05) is 0 Å². The van der Waals surface area contributed by atoms with Gasteiger partial charge in [-0.05, 0) is 206 Å². The molecule has 0 aliphatic rings. The van der Waals surface area contributed by atoms with Gasteiger partial charge in [-0.1, -0.05) is 158 Å². The van der Waals surface area contributed by atoms with Crippen LogP contribution in [0.2, 0.25) is 0 Å². The van der Waals surface area contributed by atoms with Crippen LogP contribution in [0.5, 0.6) is 0 Å². The lowest BCUT2D eigenvalue weighted by Gasteiger charge is -2.31. The van der Waals surface area contributed by atoms with Crippen LogP contribution in [-0.2, 0) is 0 Å². The van der Waals surface area contributed by atoms with E-state index in [1.54, 1.807) is 0 Å². The van der Waals surface area contributed by atoms with E-state index in [0.717, 1.165) is 102 Å². The first-order valence-electron chi connectivity index (χ1n) is 28.4. The highest BCUT2D eigenvalue weighted by molar-refractivity contribution is 5.88. The summed E-state index contributed by atoms with van der Waals surface area (Å²) in [6.07, 6.45) is 0. The van der Waals surface area contributed by atoms with Gasteiger partial charge in [-0.3, -0.25) is 0 Å². The van der Waals surface area contributed by atoms with Crippen molar-refractivity contribution >= 4 is 102 Å². The molecule has 0 bridgehead atoms. The molecule has 0 radical (unpaired) electrons. The first-order valence-corrected chi connectivity index (χ1v) is 28.4. The third-order valence-electron chi connectivity index (χ3n) is 14.9. The molecule has 13 aromatic carbocycles. The van der Waals surface area contributed by atoms with Gasteiger partial charge in [0.05, 0.1) is 0 Å². The van der Waals surface area contributed by atoms with E-state index < -0.39 is 0 Å². The molecule has 0 aromatic heterocycles. The molecule has 6 heteroatoms. The molecule has 13 rings (SSSR count). The summed E-state index contributed by atoms with van der Waals surface area (Å²) < 4.78 is 0. The van der Waals surface area contributed by atoms with Crippen molar-refractivity contribution in [3.8, 4) is 0 Å². The summed E-state index contributed by atoms with van der Waals surface area (Å²) in [6.45, 7) is 0. The molecule has 0 amide bonds. The normalized spacial score (nSPS) is 10.9. The Hall–Kier alpha value is -11.3. The van der Waals surface area contributed by atoms with Crippen LogP contribution in [0.1, 0.15) is 0 Å². The maximum absolute atomic E-state index is 2.34. The standard InChI is InChI=1S/C78H60N6/c1-9-27-61(28-10-1)79(62-29-11-2-12-30-62)69-47-51-71(52-48-69)81(65-35-17-5-18-36-65)75-43-25-45-77(59-75)83(67-39-21-7-22-40-67)73-55-57-74(58-56-73)84(68-41-23-8-24-42-68)78-46-26-44-76(60-78)82(66-37-19-6-20-38-66)72-53-49-70(50-54-72)80(63-31-13-3-14-32-63)64-33-15-4-16-34-64/h1-60H. The molecular weight excluding hydrogens is 1020 g/mol. The topological polar surface area (TPSA) is 19.4 Å². The molecule has 0 aliphatic carbocycles. The molecule has 0 unspecified atom stereocenters. The molecule has 13 aromatic rings. The van der Waals surface area contributed by atoms with E-state index in [2.05, 4.69) is 393 Å². The predicted molar refractivity (Wildman–Crippen MR) is 355 cm³/mol. The first-order chi connectivity index (χ1) is 41.7. The van der Waals surface area contributed by atoms with Gasteiger partial charge in [0.15, 0.2) is 0 Å². The van der Waals surface area contributed by atoms with Crippen LogP contribution in [0.4, 0.5) is 102 Å². The fraction of sp³-hybridized carbons (Fsp3) is 0. The van der Waals surface area contributed by atoms with Gasteiger partial charge >= 0.3 is 0 Å². The number of hydrogen-bond acceptors (Lipinski definition) is 6. The number of hydrogen-bond donors (Lipinski definition) is 0. The molecule has 0 N–H and O–H groups in total. The largest absolute Gasteiger partial charge is 0.311 e. The van der Waals surface area contributed by atoms with Crippen molar-refractivity contribution in [2.75, 3.05) is 29.4 Å². The number of nitrogens with zero attached hydrogens (tertiary/aromatic N) is 6. The highest BCUT2D eigenvalue weighted by atomic mass is 15.2. The Morgan fingerprint density at radius 3 is 0.345 bits per heavy atom. The number of benzene rings is 13. The Labute approximate surface area is 493 Å². The van der Waals surface area contributed by atoms with Gasteiger partial charge in [0.1, 0.15) is 0 Å². The molecule has 84 heavy (non-hydrogen) atoms. The lowest BCUT2D eigenvalue weighted by Crippen LogP contribution is -2.14. The van der Waals surface area contributed by atoms with E-state index in [-0.39, 0.29) is 0 Å². The smallest absolute Gasteiger partial charge is 0.0482 e. The molecule has 402 valence electrons. The maximum atomic E-state index is 2.34. The summed E-state index contributed by atoms with van der Waals surface area (Å²) in [5, 5.41) is 0. The molecular formula is C78H60N6. The second-order valence-corrected chi connectivity index (χ2v) is 20.3. The van der Waals surface area contributed by atoms with Crippen LogP contribution in [0, 0.1) is 0 Å². The number of rotatable bonds is 18. The van der Waals surface area contributed by atoms with Gasteiger partial charge < -0.3 is 29.4 Å². The summed E-state index contributed by atoms with van der Waals surface area (Å²) in [5.41, 5.74) is 19.0. The summed E-state index contributed by atoms with van der Waals surface area (Å²) in [6, 6.07) is 129.